The lowest BCUT2D eigenvalue weighted by atomic mass is 9.70. The molecule has 3 heteroatoms. The van der Waals surface area contributed by atoms with Gasteiger partial charge in [-0.05, 0) is 42.9 Å². The quantitative estimate of drug-likeness (QED) is 0.786. The van der Waals surface area contributed by atoms with Crippen molar-refractivity contribution in [1.82, 2.24) is 0 Å². The van der Waals surface area contributed by atoms with Crippen LogP contribution in [0, 0.1) is 12.3 Å². The molecule has 0 amide bonds. The first-order valence-corrected chi connectivity index (χ1v) is 6.17. The molecule has 0 radical (unpaired) electrons. The second-order valence-electron chi connectivity index (χ2n) is 5.21. The van der Waals surface area contributed by atoms with Gasteiger partial charge in [0, 0.05) is 12.2 Å². The Balaban J connectivity index is 2.06. The van der Waals surface area contributed by atoms with E-state index < -0.39 is 0 Å². The van der Waals surface area contributed by atoms with Crippen molar-refractivity contribution in [2.45, 2.75) is 33.1 Å². The molecule has 0 saturated heterocycles. The lowest BCUT2D eigenvalue weighted by Crippen LogP contribution is -2.33. The Kier molecular flexibility index (Phi) is 3.02. The molecule has 0 bridgehead atoms. The minimum Gasteiger partial charge on any atom is -0.398 e. The first kappa shape index (κ1) is 11.6. The van der Waals surface area contributed by atoms with Gasteiger partial charge in [0.1, 0.15) is 0 Å². The number of benzene rings is 1. The normalized spacial score (nSPS) is 17.9. The van der Waals surface area contributed by atoms with Crippen LogP contribution in [-0.4, -0.2) is 6.54 Å². The smallest absolute Gasteiger partial charge is 0.0656 e. The fraction of sp³-hybridized carbons (Fsp3) is 0.538. The Morgan fingerprint density at radius 2 is 2.12 bits per heavy atom. The number of nitrogens with two attached hydrogens (primary N) is 1. The Morgan fingerprint density at radius 1 is 1.44 bits per heavy atom. The molecule has 88 valence electrons. The summed E-state index contributed by atoms with van der Waals surface area (Å²) in [6.07, 6.45) is 4.00. The summed E-state index contributed by atoms with van der Waals surface area (Å²) in [5, 5.41) is 4.11. The van der Waals surface area contributed by atoms with E-state index in [0.717, 1.165) is 17.8 Å². The summed E-state index contributed by atoms with van der Waals surface area (Å²) in [6.45, 7) is 5.41. The van der Waals surface area contributed by atoms with Crippen molar-refractivity contribution in [2.75, 3.05) is 17.6 Å². The predicted octanol–water partition coefficient (Wildman–Crippen LogP) is 3.83. The SMILES string of the molecule is Cc1cc(N)c(Cl)cc1NCC1(C)CCC1. The number of aryl methyl sites for hydroxylation is 1. The van der Waals surface area contributed by atoms with E-state index in [9.17, 15) is 0 Å². The summed E-state index contributed by atoms with van der Waals surface area (Å²) in [4.78, 5) is 0. The average Bonchev–Trinajstić information content (AvgIpc) is 2.19. The van der Waals surface area contributed by atoms with Crippen LogP contribution in [0.2, 0.25) is 5.02 Å². The Morgan fingerprint density at radius 3 is 2.69 bits per heavy atom. The standard InChI is InChI=1S/C13H19ClN2/c1-9-6-11(15)10(14)7-12(9)16-8-13(2)4-3-5-13/h6-7,16H,3-5,8,15H2,1-2H3. The van der Waals surface area contributed by atoms with Crippen LogP contribution >= 0.6 is 11.6 Å². The van der Waals surface area contributed by atoms with E-state index >= 15 is 0 Å². The molecule has 1 fully saturated rings. The molecular formula is C13H19ClN2. The highest BCUT2D eigenvalue weighted by Gasteiger charge is 2.31. The zero-order valence-electron chi connectivity index (χ0n) is 9.94. The van der Waals surface area contributed by atoms with Crippen LogP contribution in [0.3, 0.4) is 0 Å². The van der Waals surface area contributed by atoms with Gasteiger partial charge in [-0.15, -0.1) is 0 Å². The highest BCUT2D eigenvalue weighted by molar-refractivity contribution is 6.33. The predicted molar refractivity (Wildman–Crippen MR) is 71.0 cm³/mol. The van der Waals surface area contributed by atoms with Gasteiger partial charge in [-0.25, -0.2) is 0 Å². The average molecular weight is 239 g/mol. The van der Waals surface area contributed by atoms with E-state index in [0.29, 0.717) is 16.1 Å². The molecule has 1 saturated carbocycles. The molecule has 0 aromatic heterocycles. The second kappa shape index (κ2) is 4.17. The fourth-order valence-corrected chi connectivity index (χ4v) is 2.32. The number of halogens is 1. The van der Waals surface area contributed by atoms with Gasteiger partial charge in [0.05, 0.1) is 10.7 Å². The zero-order chi connectivity index (χ0) is 11.8. The van der Waals surface area contributed by atoms with Crippen LogP contribution in [0.5, 0.6) is 0 Å². The summed E-state index contributed by atoms with van der Waals surface area (Å²) >= 11 is 6.02. The van der Waals surface area contributed by atoms with Crippen LogP contribution in [0.25, 0.3) is 0 Å². The summed E-state index contributed by atoms with van der Waals surface area (Å²) < 4.78 is 0. The van der Waals surface area contributed by atoms with Crippen molar-refractivity contribution >= 4 is 23.0 Å². The van der Waals surface area contributed by atoms with Gasteiger partial charge in [0.2, 0.25) is 0 Å². The molecule has 1 aromatic rings. The Bertz CT molecular complexity index is 397. The molecule has 1 aliphatic carbocycles. The third kappa shape index (κ3) is 2.27. The maximum Gasteiger partial charge on any atom is 0.0656 e. The number of hydrogen-bond acceptors (Lipinski definition) is 2. The van der Waals surface area contributed by atoms with Crippen LogP contribution in [0.4, 0.5) is 11.4 Å². The van der Waals surface area contributed by atoms with Crippen LogP contribution < -0.4 is 11.1 Å². The molecule has 16 heavy (non-hydrogen) atoms. The van der Waals surface area contributed by atoms with E-state index in [4.69, 9.17) is 17.3 Å². The first-order valence-electron chi connectivity index (χ1n) is 5.80. The largest absolute Gasteiger partial charge is 0.398 e. The Labute approximate surface area is 102 Å². The molecule has 2 nitrogen and oxygen atoms in total. The van der Waals surface area contributed by atoms with Gasteiger partial charge in [-0.1, -0.05) is 24.9 Å². The van der Waals surface area contributed by atoms with Gasteiger partial charge >= 0.3 is 0 Å². The van der Waals surface area contributed by atoms with Crippen molar-refractivity contribution in [3.8, 4) is 0 Å². The maximum absolute atomic E-state index is 6.02. The first-order chi connectivity index (χ1) is 7.50. The summed E-state index contributed by atoms with van der Waals surface area (Å²) in [6, 6.07) is 3.85. The molecule has 0 aliphatic heterocycles. The number of hydrogen-bond donors (Lipinski definition) is 2. The third-order valence-electron chi connectivity index (χ3n) is 3.61. The van der Waals surface area contributed by atoms with Gasteiger partial charge < -0.3 is 11.1 Å². The summed E-state index contributed by atoms with van der Waals surface area (Å²) in [5.41, 5.74) is 9.14. The summed E-state index contributed by atoms with van der Waals surface area (Å²) in [7, 11) is 0. The second-order valence-corrected chi connectivity index (χ2v) is 5.61. The van der Waals surface area contributed by atoms with E-state index in [-0.39, 0.29) is 0 Å². The molecule has 0 spiro atoms. The number of rotatable bonds is 3. The van der Waals surface area contributed by atoms with Crippen LogP contribution in [-0.2, 0) is 0 Å². The van der Waals surface area contributed by atoms with Crippen molar-refractivity contribution in [1.29, 1.82) is 0 Å². The molecule has 2 rings (SSSR count). The van der Waals surface area contributed by atoms with Crippen LogP contribution in [0.15, 0.2) is 12.1 Å². The highest BCUT2D eigenvalue weighted by atomic mass is 35.5. The van der Waals surface area contributed by atoms with Gasteiger partial charge in [0.15, 0.2) is 0 Å². The lowest BCUT2D eigenvalue weighted by molar-refractivity contribution is 0.180. The molecule has 0 heterocycles. The van der Waals surface area contributed by atoms with Gasteiger partial charge in [-0.3, -0.25) is 0 Å². The Hall–Kier alpha value is -0.890. The van der Waals surface area contributed by atoms with Crippen molar-refractivity contribution in [3.05, 3.63) is 22.7 Å². The van der Waals surface area contributed by atoms with Crippen molar-refractivity contribution in [2.24, 2.45) is 5.41 Å². The van der Waals surface area contributed by atoms with E-state index in [2.05, 4.69) is 19.2 Å². The van der Waals surface area contributed by atoms with Gasteiger partial charge in [0.25, 0.3) is 0 Å². The molecule has 1 aliphatic rings. The molecule has 0 unspecified atom stereocenters. The maximum atomic E-state index is 6.02. The zero-order valence-corrected chi connectivity index (χ0v) is 10.7. The van der Waals surface area contributed by atoms with E-state index in [1.165, 1.54) is 19.3 Å². The van der Waals surface area contributed by atoms with Crippen molar-refractivity contribution < 1.29 is 0 Å². The topological polar surface area (TPSA) is 38.0 Å². The molecular weight excluding hydrogens is 220 g/mol. The summed E-state index contributed by atoms with van der Waals surface area (Å²) in [5.74, 6) is 0. The van der Waals surface area contributed by atoms with Gasteiger partial charge in [-0.2, -0.15) is 0 Å². The molecule has 0 atom stereocenters. The fourth-order valence-electron chi connectivity index (χ4n) is 2.16. The lowest BCUT2D eigenvalue weighted by Gasteiger charge is -2.38. The highest BCUT2D eigenvalue weighted by Crippen LogP contribution is 2.40. The van der Waals surface area contributed by atoms with Crippen molar-refractivity contribution in [3.63, 3.8) is 0 Å². The minimum atomic E-state index is 0.473. The number of anilines is 2. The molecule has 1 aromatic carbocycles. The third-order valence-corrected chi connectivity index (χ3v) is 3.94. The monoisotopic (exact) mass is 238 g/mol. The van der Waals surface area contributed by atoms with E-state index in [1.807, 2.05) is 12.1 Å². The number of nitrogens with one attached hydrogen (secondary N) is 1. The number of nitrogen functional groups attached to an aromatic ring is 1. The van der Waals surface area contributed by atoms with Crippen LogP contribution in [0.1, 0.15) is 31.7 Å². The molecule has 3 N–H and O–H groups in total. The minimum absolute atomic E-state index is 0.473. The van der Waals surface area contributed by atoms with E-state index in [1.54, 1.807) is 0 Å².